The van der Waals surface area contributed by atoms with Crippen LogP contribution < -0.4 is 10.5 Å². The van der Waals surface area contributed by atoms with E-state index in [-0.39, 0.29) is 6.04 Å². The summed E-state index contributed by atoms with van der Waals surface area (Å²) in [6, 6.07) is 6.67. The second-order valence-corrected chi connectivity index (χ2v) is 5.47. The molecule has 0 heterocycles. The van der Waals surface area contributed by atoms with E-state index in [9.17, 15) is 0 Å². The Morgan fingerprint density at radius 3 is 2.82 bits per heavy atom. The van der Waals surface area contributed by atoms with E-state index in [1.807, 2.05) is 0 Å². The summed E-state index contributed by atoms with van der Waals surface area (Å²) in [5.41, 5.74) is 8.74. The Hall–Kier alpha value is -1.02. The van der Waals surface area contributed by atoms with E-state index in [0.29, 0.717) is 0 Å². The van der Waals surface area contributed by atoms with E-state index >= 15 is 0 Å². The molecule has 1 saturated carbocycles. The summed E-state index contributed by atoms with van der Waals surface area (Å²) < 4.78 is 5.91. The monoisotopic (exact) mass is 231 g/mol. The van der Waals surface area contributed by atoms with Crippen molar-refractivity contribution in [3.63, 3.8) is 0 Å². The topological polar surface area (TPSA) is 35.2 Å². The summed E-state index contributed by atoms with van der Waals surface area (Å²) >= 11 is 0. The fourth-order valence-corrected chi connectivity index (χ4v) is 3.11. The maximum Gasteiger partial charge on any atom is 0.119 e. The maximum absolute atomic E-state index is 6.03. The first-order valence-corrected chi connectivity index (χ1v) is 6.84. The van der Waals surface area contributed by atoms with Gasteiger partial charge in [0.15, 0.2) is 0 Å². The Morgan fingerprint density at radius 1 is 1.18 bits per heavy atom. The molecule has 0 radical (unpaired) electrons. The van der Waals surface area contributed by atoms with Gasteiger partial charge in [0.25, 0.3) is 0 Å². The van der Waals surface area contributed by atoms with Crippen molar-refractivity contribution in [1.29, 1.82) is 0 Å². The molecule has 1 unspecified atom stereocenters. The third-order valence-electron chi connectivity index (χ3n) is 4.20. The van der Waals surface area contributed by atoms with Crippen LogP contribution in [0.25, 0.3) is 0 Å². The smallest absolute Gasteiger partial charge is 0.119 e. The zero-order valence-corrected chi connectivity index (χ0v) is 10.3. The van der Waals surface area contributed by atoms with Crippen molar-refractivity contribution >= 4 is 0 Å². The highest BCUT2D eigenvalue weighted by Crippen LogP contribution is 2.32. The summed E-state index contributed by atoms with van der Waals surface area (Å²) in [5.74, 6) is 1.82. The van der Waals surface area contributed by atoms with Gasteiger partial charge in [0.1, 0.15) is 5.75 Å². The number of ether oxygens (including phenoxy) is 1. The normalized spacial score (nSPS) is 23.9. The van der Waals surface area contributed by atoms with Gasteiger partial charge in [-0.1, -0.05) is 18.9 Å². The van der Waals surface area contributed by atoms with Crippen molar-refractivity contribution < 1.29 is 4.74 Å². The predicted molar refractivity (Wildman–Crippen MR) is 69.1 cm³/mol. The van der Waals surface area contributed by atoms with Gasteiger partial charge in [-0.3, -0.25) is 0 Å². The van der Waals surface area contributed by atoms with Gasteiger partial charge in [0.05, 0.1) is 6.61 Å². The maximum atomic E-state index is 6.03. The van der Waals surface area contributed by atoms with Gasteiger partial charge in [0, 0.05) is 6.04 Å². The molecular weight excluding hydrogens is 210 g/mol. The highest BCUT2D eigenvalue weighted by molar-refractivity contribution is 5.40. The molecule has 92 valence electrons. The van der Waals surface area contributed by atoms with Crippen LogP contribution in [0, 0.1) is 5.92 Å². The Bertz CT molecular complexity index is 396. The standard InChI is InChI=1S/C15H21NO/c16-15-8-5-12-9-13(6-7-14(12)15)17-10-11-3-1-2-4-11/h6-7,9,11,15H,1-5,8,10,16H2. The number of nitrogens with two attached hydrogens (primary N) is 1. The number of fused-ring (bicyclic) bond motifs is 1. The van der Waals surface area contributed by atoms with Gasteiger partial charge in [-0.25, -0.2) is 0 Å². The molecule has 0 amide bonds. The third-order valence-corrected chi connectivity index (χ3v) is 4.20. The van der Waals surface area contributed by atoms with Crippen LogP contribution in [-0.4, -0.2) is 6.61 Å². The van der Waals surface area contributed by atoms with E-state index in [0.717, 1.165) is 31.1 Å². The molecular formula is C15H21NO. The first-order valence-electron chi connectivity index (χ1n) is 6.84. The van der Waals surface area contributed by atoms with Crippen LogP contribution in [0.5, 0.6) is 5.75 Å². The predicted octanol–water partition coefficient (Wildman–Crippen LogP) is 3.20. The summed E-state index contributed by atoms with van der Waals surface area (Å²) in [4.78, 5) is 0. The Kier molecular flexibility index (Phi) is 3.06. The van der Waals surface area contributed by atoms with Crippen molar-refractivity contribution in [2.45, 2.75) is 44.6 Å². The zero-order valence-electron chi connectivity index (χ0n) is 10.3. The average molecular weight is 231 g/mol. The molecule has 1 atom stereocenters. The molecule has 0 spiro atoms. The minimum atomic E-state index is 0.244. The van der Waals surface area contributed by atoms with Crippen LogP contribution in [0.4, 0.5) is 0 Å². The third kappa shape index (κ3) is 2.32. The number of hydrogen-bond acceptors (Lipinski definition) is 2. The van der Waals surface area contributed by atoms with Crippen molar-refractivity contribution in [3.05, 3.63) is 29.3 Å². The molecule has 0 aromatic heterocycles. The first-order chi connectivity index (χ1) is 8.33. The molecule has 2 aliphatic rings. The highest BCUT2D eigenvalue weighted by Gasteiger charge is 2.20. The molecule has 2 N–H and O–H groups in total. The average Bonchev–Trinajstić information content (AvgIpc) is 2.97. The minimum absolute atomic E-state index is 0.244. The van der Waals surface area contributed by atoms with E-state index in [2.05, 4.69) is 18.2 Å². The second kappa shape index (κ2) is 4.69. The molecule has 2 nitrogen and oxygen atoms in total. The van der Waals surface area contributed by atoms with Crippen molar-refractivity contribution in [3.8, 4) is 5.75 Å². The zero-order chi connectivity index (χ0) is 11.7. The van der Waals surface area contributed by atoms with E-state index in [1.165, 1.54) is 36.8 Å². The van der Waals surface area contributed by atoms with Crippen molar-refractivity contribution in [2.24, 2.45) is 11.7 Å². The van der Waals surface area contributed by atoms with Crippen molar-refractivity contribution in [2.75, 3.05) is 6.61 Å². The van der Waals surface area contributed by atoms with Gasteiger partial charge >= 0.3 is 0 Å². The second-order valence-electron chi connectivity index (χ2n) is 5.47. The van der Waals surface area contributed by atoms with Crippen LogP contribution >= 0.6 is 0 Å². The van der Waals surface area contributed by atoms with Crippen LogP contribution in [0.2, 0.25) is 0 Å². The summed E-state index contributed by atoms with van der Waals surface area (Å²) in [7, 11) is 0. The molecule has 1 aromatic carbocycles. The van der Waals surface area contributed by atoms with Crippen LogP contribution in [0.15, 0.2) is 18.2 Å². The number of rotatable bonds is 3. The van der Waals surface area contributed by atoms with Crippen molar-refractivity contribution in [1.82, 2.24) is 0 Å². The Balaban J connectivity index is 1.64. The molecule has 2 heteroatoms. The lowest BCUT2D eigenvalue weighted by atomic mass is 10.1. The largest absolute Gasteiger partial charge is 0.493 e. The summed E-state index contributed by atoms with van der Waals surface area (Å²) in [5, 5.41) is 0. The van der Waals surface area contributed by atoms with E-state index < -0.39 is 0 Å². The molecule has 0 bridgehead atoms. The molecule has 2 aliphatic carbocycles. The van der Waals surface area contributed by atoms with E-state index in [4.69, 9.17) is 10.5 Å². The minimum Gasteiger partial charge on any atom is -0.493 e. The Labute approximate surface area is 103 Å². The van der Waals surface area contributed by atoms with E-state index in [1.54, 1.807) is 0 Å². The lowest BCUT2D eigenvalue weighted by Crippen LogP contribution is -2.08. The number of benzene rings is 1. The molecule has 3 rings (SSSR count). The lowest BCUT2D eigenvalue weighted by molar-refractivity contribution is 0.252. The molecule has 1 aromatic rings. The number of hydrogen-bond donors (Lipinski definition) is 1. The quantitative estimate of drug-likeness (QED) is 0.867. The molecule has 0 aliphatic heterocycles. The molecule has 1 fully saturated rings. The summed E-state index contributed by atoms with van der Waals surface area (Å²) in [6.45, 7) is 0.894. The van der Waals surface area contributed by atoms with Crippen LogP contribution in [0.1, 0.15) is 49.3 Å². The van der Waals surface area contributed by atoms with Gasteiger partial charge in [-0.2, -0.15) is 0 Å². The molecule has 0 saturated heterocycles. The van der Waals surface area contributed by atoms with Gasteiger partial charge in [-0.05, 0) is 54.9 Å². The van der Waals surface area contributed by atoms with Gasteiger partial charge in [-0.15, -0.1) is 0 Å². The fourth-order valence-electron chi connectivity index (χ4n) is 3.11. The lowest BCUT2D eigenvalue weighted by Gasteiger charge is -2.12. The van der Waals surface area contributed by atoms with Crippen LogP contribution in [-0.2, 0) is 6.42 Å². The van der Waals surface area contributed by atoms with Gasteiger partial charge < -0.3 is 10.5 Å². The first kappa shape index (κ1) is 11.1. The molecule has 17 heavy (non-hydrogen) atoms. The summed E-state index contributed by atoms with van der Waals surface area (Å²) in [6.07, 6.45) is 7.64. The number of aryl methyl sites for hydroxylation is 1. The Morgan fingerprint density at radius 2 is 2.00 bits per heavy atom. The van der Waals surface area contributed by atoms with Gasteiger partial charge in [0.2, 0.25) is 0 Å². The SMILES string of the molecule is NC1CCc2cc(OCC3CCCC3)ccc21. The highest BCUT2D eigenvalue weighted by atomic mass is 16.5. The fraction of sp³-hybridized carbons (Fsp3) is 0.600. The van der Waals surface area contributed by atoms with Crippen LogP contribution in [0.3, 0.4) is 0 Å².